The average molecular weight is 260 g/mol. The molecule has 0 atom stereocenters. The molecule has 0 aliphatic rings. The molecule has 1 heterocycles. The third-order valence-corrected chi connectivity index (χ3v) is 3.32. The summed E-state index contributed by atoms with van der Waals surface area (Å²) in [6, 6.07) is 4.03. The second-order valence-corrected chi connectivity index (χ2v) is 4.50. The van der Waals surface area contributed by atoms with Crippen molar-refractivity contribution in [3.63, 3.8) is 0 Å². The average Bonchev–Trinajstić information content (AvgIpc) is 2.78. The number of aryl methyl sites for hydroxylation is 2. The molecule has 2 rings (SSSR count). The first-order valence-corrected chi connectivity index (χ1v) is 6.37. The monoisotopic (exact) mass is 260 g/mol. The normalized spacial score (nSPS) is 10.6. The molecule has 0 bridgehead atoms. The number of methoxy groups -OCH3 is 2. The molecule has 4 nitrogen and oxygen atoms in total. The van der Waals surface area contributed by atoms with Gasteiger partial charge in [-0.25, -0.2) is 0 Å². The zero-order chi connectivity index (χ0) is 14.0. The highest BCUT2D eigenvalue weighted by Gasteiger charge is 2.18. The molecule has 102 valence electrons. The third-order valence-electron chi connectivity index (χ3n) is 3.32. The number of ether oxygens (including phenoxy) is 2. The maximum Gasteiger partial charge on any atom is 0.130 e. The molecule has 2 aromatic rings. The van der Waals surface area contributed by atoms with E-state index in [1.165, 1.54) is 0 Å². The molecule has 0 N–H and O–H groups in total. The van der Waals surface area contributed by atoms with E-state index in [2.05, 4.69) is 18.9 Å². The number of nitrogens with zero attached hydrogens (tertiary/aromatic N) is 2. The lowest BCUT2D eigenvalue weighted by atomic mass is 10.0. The van der Waals surface area contributed by atoms with Crippen molar-refractivity contribution in [2.45, 2.75) is 27.3 Å². The summed E-state index contributed by atoms with van der Waals surface area (Å²) >= 11 is 0. The Bertz CT molecular complexity index is 563. The molecular weight excluding hydrogens is 240 g/mol. The van der Waals surface area contributed by atoms with E-state index < -0.39 is 0 Å². The summed E-state index contributed by atoms with van der Waals surface area (Å²) in [6.07, 6.45) is 1.87. The Balaban J connectivity index is 2.69. The van der Waals surface area contributed by atoms with Gasteiger partial charge in [-0.15, -0.1) is 0 Å². The predicted octanol–water partition coefficient (Wildman–Crippen LogP) is 3.20. The van der Waals surface area contributed by atoms with Crippen LogP contribution in [0.1, 0.15) is 18.2 Å². The van der Waals surface area contributed by atoms with Gasteiger partial charge in [0.2, 0.25) is 0 Å². The minimum Gasteiger partial charge on any atom is -0.496 e. The van der Waals surface area contributed by atoms with E-state index in [9.17, 15) is 0 Å². The summed E-state index contributed by atoms with van der Waals surface area (Å²) < 4.78 is 13.0. The van der Waals surface area contributed by atoms with Crippen LogP contribution in [0.4, 0.5) is 0 Å². The van der Waals surface area contributed by atoms with Crippen molar-refractivity contribution in [2.75, 3.05) is 14.2 Å². The molecule has 0 spiro atoms. The Kier molecular flexibility index (Phi) is 3.79. The summed E-state index contributed by atoms with van der Waals surface area (Å²) in [6.45, 7) is 7.01. The lowest BCUT2D eigenvalue weighted by Gasteiger charge is -2.14. The van der Waals surface area contributed by atoms with Crippen molar-refractivity contribution < 1.29 is 9.47 Å². The van der Waals surface area contributed by atoms with Crippen LogP contribution in [0.2, 0.25) is 0 Å². The maximum absolute atomic E-state index is 5.50. The number of hydrogen-bond donors (Lipinski definition) is 0. The highest BCUT2D eigenvalue weighted by Crippen LogP contribution is 2.40. The van der Waals surface area contributed by atoms with Gasteiger partial charge < -0.3 is 9.47 Å². The van der Waals surface area contributed by atoms with Crippen LogP contribution in [0.5, 0.6) is 11.5 Å². The highest BCUT2D eigenvalue weighted by molar-refractivity contribution is 5.78. The number of rotatable bonds is 4. The lowest BCUT2D eigenvalue weighted by Crippen LogP contribution is -1.99. The Morgan fingerprint density at radius 2 is 1.68 bits per heavy atom. The Labute approximate surface area is 114 Å². The van der Waals surface area contributed by atoms with E-state index in [4.69, 9.17) is 9.47 Å². The smallest absolute Gasteiger partial charge is 0.130 e. The minimum absolute atomic E-state index is 0.815. The predicted molar refractivity (Wildman–Crippen MR) is 75.9 cm³/mol. The van der Waals surface area contributed by atoms with Crippen molar-refractivity contribution in [1.82, 2.24) is 9.78 Å². The summed E-state index contributed by atoms with van der Waals surface area (Å²) in [5, 5.41) is 4.39. The lowest BCUT2D eigenvalue weighted by molar-refractivity contribution is 0.397. The van der Waals surface area contributed by atoms with E-state index >= 15 is 0 Å². The molecular formula is C15H20N2O2. The number of aromatic nitrogens is 2. The quantitative estimate of drug-likeness (QED) is 0.847. The summed E-state index contributed by atoms with van der Waals surface area (Å²) in [7, 11) is 3.36. The van der Waals surface area contributed by atoms with Crippen LogP contribution in [0.25, 0.3) is 11.1 Å². The topological polar surface area (TPSA) is 36.3 Å². The maximum atomic E-state index is 5.50. The number of benzene rings is 1. The van der Waals surface area contributed by atoms with Gasteiger partial charge in [0, 0.05) is 17.8 Å². The molecule has 0 unspecified atom stereocenters. The second-order valence-electron chi connectivity index (χ2n) is 4.50. The summed E-state index contributed by atoms with van der Waals surface area (Å²) in [4.78, 5) is 0. The van der Waals surface area contributed by atoms with Crippen molar-refractivity contribution in [1.29, 1.82) is 0 Å². The fourth-order valence-electron chi connectivity index (χ4n) is 2.32. The molecule has 1 aromatic heterocycles. The molecule has 0 fully saturated rings. The summed E-state index contributed by atoms with van der Waals surface area (Å²) in [5.41, 5.74) is 4.24. The van der Waals surface area contributed by atoms with Gasteiger partial charge in [-0.05, 0) is 38.5 Å². The highest BCUT2D eigenvalue weighted by atomic mass is 16.5. The van der Waals surface area contributed by atoms with Crippen LogP contribution in [-0.2, 0) is 6.54 Å². The molecule has 0 saturated heterocycles. The van der Waals surface area contributed by atoms with Gasteiger partial charge in [-0.3, -0.25) is 4.68 Å². The van der Waals surface area contributed by atoms with Crippen LogP contribution in [-0.4, -0.2) is 24.0 Å². The van der Waals surface area contributed by atoms with Crippen molar-refractivity contribution >= 4 is 0 Å². The zero-order valence-electron chi connectivity index (χ0n) is 12.2. The van der Waals surface area contributed by atoms with Crippen LogP contribution in [0, 0.1) is 13.8 Å². The van der Waals surface area contributed by atoms with Crippen LogP contribution < -0.4 is 9.47 Å². The molecule has 19 heavy (non-hydrogen) atoms. The van der Waals surface area contributed by atoms with Gasteiger partial charge in [0.15, 0.2) is 0 Å². The Hall–Kier alpha value is -1.97. The first-order valence-electron chi connectivity index (χ1n) is 6.37. The van der Waals surface area contributed by atoms with Crippen LogP contribution in [0.3, 0.4) is 0 Å². The molecule has 1 aromatic carbocycles. The third kappa shape index (κ3) is 2.30. The van der Waals surface area contributed by atoms with Crippen molar-refractivity contribution in [2.24, 2.45) is 0 Å². The van der Waals surface area contributed by atoms with E-state index in [-0.39, 0.29) is 0 Å². The van der Waals surface area contributed by atoms with Crippen molar-refractivity contribution in [3.8, 4) is 22.6 Å². The molecule has 0 aliphatic heterocycles. The minimum atomic E-state index is 0.815. The summed E-state index contributed by atoms with van der Waals surface area (Å²) in [5.74, 6) is 1.63. The van der Waals surface area contributed by atoms with Crippen LogP contribution >= 0.6 is 0 Å². The van der Waals surface area contributed by atoms with Gasteiger partial charge in [0.05, 0.1) is 26.0 Å². The van der Waals surface area contributed by atoms with E-state index in [0.717, 1.165) is 40.4 Å². The Morgan fingerprint density at radius 1 is 1.11 bits per heavy atom. The van der Waals surface area contributed by atoms with Gasteiger partial charge >= 0.3 is 0 Å². The fourth-order valence-corrected chi connectivity index (χ4v) is 2.32. The van der Waals surface area contributed by atoms with E-state index in [0.29, 0.717) is 0 Å². The first-order chi connectivity index (χ1) is 9.12. The zero-order valence-corrected chi connectivity index (χ0v) is 12.2. The second kappa shape index (κ2) is 5.34. The van der Waals surface area contributed by atoms with Crippen molar-refractivity contribution in [3.05, 3.63) is 29.6 Å². The van der Waals surface area contributed by atoms with Gasteiger partial charge in [0.1, 0.15) is 11.5 Å². The van der Waals surface area contributed by atoms with Crippen LogP contribution in [0.15, 0.2) is 18.3 Å². The number of hydrogen-bond acceptors (Lipinski definition) is 3. The molecule has 0 saturated carbocycles. The molecule has 4 heteroatoms. The van der Waals surface area contributed by atoms with Gasteiger partial charge in [-0.2, -0.15) is 5.10 Å². The molecule has 0 radical (unpaired) electrons. The molecule has 0 amide bonds. The van der Waals surface area contributed by atoms with Gasteiger partial charge in [-0.1, -0.05) is 0 Å². The standard InChI is InChI=1S/C15H20N2O2/c1-6-17-11(3)12(9-16-17)15-13(18-4)7-10(2)8-14(15)19-5/h7-9H,6H2,1-5H3. The SMILES string of the molecule is CCn1ncc(-c2c(OC)cc(C)cc2OC)c1C. The van der Waals surface area contributed by atoms with E-state index in [1.54, 1.807) is 14.2 Å². The first kappa shape index (κ1) is 13.5. The fraction of sp³-hybridized carbons (Fsp3) is 0.400. The largest absolute Gasteiger partial charge is 0.496 e. The van der Waals surface area contributed by atoms with Gasteiger partial charge in [0.25, 0.3) is 0 Å². The van der Waals surface area contributed by atoms with E-state index in [1.807, 2.05) is 29.9 Å². The molecule has 0 aliphatic carbocycles. The Morgan fingerprint density at radius 3 is 2.11 bits per heavy atom.